The molecule has 2 aromatic rings. The zero-order valence-electron chi connectivity index (χ0n) is 11.3. The normalized spacial score (nSPS) is 11.3. The molecule has 1 heterocycles. The smallest absolute Gasteiger partial charge is 0.435 e. The predicted octanol–water partition coefficient (Wildman–Crippen LogP) is 2.92. The Morgan fingerprint density at radius 2 is 2.05 bits per heavy atom. The number of nitrogens with two attached hydrogens (primary N) is 1. The first-order valence-corrected chi connectivity index (χ1v) is 6.00. The number of carbonyl (C=O) groups is 1. The van der Waals surface area contributed by atoms with Crippen molar-refractivity contribution in [3.63, 3.8) is 0 Å². The summed E-state index contributed by atoms with van der Waals surface area (Å²) in [5, 5.41) is 4.19. The van der Waals surface area contributed by atoms with Crippen molar-refractivity contribution in [2.24, 2.45) is 0 Å². The highest BCUT2D eigenvalue weighted by Gasteiger charge is 2.18. The van der Waals surface area contributed by atoms with Crippen LogP contribution in [0.5, 0.6) is 0 Å². The van der Waals surface area contributed by atoms with E-state index in [1.807, 2.05) is 39.0 Å². The van der Waals surface area contributed by atoms with E-state index in [1.165, 1.54) is 4.68 Å². The number of nitrogens with zero attached hydrogens (tertiary/aromatic N) is 2. The van der Waals surface area contributed by atoms with Crippen LogP contribution in [0.1, 0.15) is 20.8 Å². The van der Waals surface area contributed by atoms with Crippen LogP contribution < -0.4 is 5.73 Å². The van der Waals surface area contributed by atoms with Crippen molar-refractivity contribution < 1.29 is 9.53 Å². The van der Waals surface area contributed by atoms with Crippen molar-refractivity contribution >= 4 is 11.8 Å². The molecular weight excluding hydrogens is 242 g/mol. The van der Waals surface area contributed by atoms with E-state index >= 15 is 0 Å². The minimum absolute atomic E-state index is 0.498. The Morgan fingerprint density at radius 1 is 1.32 bits per heavy atom. The Hall–Kier alpha value is -2.30. The minimum atomic E-state index is -0.541. The Balaban J connectivity index is 2.22. The van der Waals surface area contributed by atoms with Crippen LogP contribution in [0.4, 0.5) is 10.5 Å². The molecule has 5 heteroatoms. The topological polar surface area (TPSA) is 70.1 Å². The van der Waals surface area contributed by atoms with E-state index in [2.05, 4.69) is 5.10 Å². The Kier molecular flexibility index (Phi) is 3.29. The van der Waals surface area contributed by atoms with E-state index in [4.69, 9.17) is 10.5 Å². The molecule has 0 aliphatic rings. The molecule has 0 bridgehead atoms. The van der Waals surface area contributed by atoms with Crippen LogP contribution in [0.3, 0.4) is 0 Å². The van der Waals surface area contributed by atoms with Gasteiger partial charge in [0.15, 0.2) is 0 Å². The second-order valence-electron chi connectivity index (χ2n) is 5.25. The van der Waals surface area contributed by atoms with Gasteiger partial charge in [0.1, 0.15) is 5.60 Å². The Morgan fingerprint density at radius 3 is 2.68 bits per heavy atom. The molecule has 19 heavy (non-hydrogen) atoms. The molecule has 100 valence electrons. The third-order valence-corrected chi connectivity index (χ3v) is 2.35. The van der Waals surface area contributed by atoms with Crippen LogP contribution in [0.2, 0.25) is 0 Å². The average Bonchev–Trinajstić information content (AvgIpc) is 2.75. The van der Waals surface area contributed by atoms with Gasteiger partial charge in [0.25, 0.3) is 0 Å². The molecule has 2 N–H and O–H groups in total. The lowest BCUT2D eigenvalue weighted by Gasteiger charge is -2.18. The van der Waals surface area contributed by atoms with Crippen molar-refractivity contribution in [3.05, 3.63) is 36.5 Å². The standard InChI is InChI=1S/C14H17N3O2/c1-14(2,3)19-13(18)17-8-7-12(16-17)10-5-4-6-11(15)9-10/h4-9H,15H2,1-3H3. The van der Waals surface area contributed by atoms with E-state index in [1.54, 1.807) is 18.3 Å². The first kappa shape index (κ1) is 13.1. The molecule has 0 aliphatic carbocycles. The van der Waals surface area contributed by atoms with E-state index in [-0.39, 0.29) is 0 Å². The highest BCUT2D eigenvalue weighted by molar-refractivity contribution is 5.72. The van der Waals surface area contributed by atoms with Crippen molar-refractivity contribution in [3.8, 4) is 11.3 Å². The van der Waals surface area contributed by atoms with Gasteiger partial charge in [-0.25, -0.2) is 4.79 Å². The third kappa shape index (κ3) is 3.34. The molecule has 0 radical (unpaired) electrons. The summed E-state index contributed by atoms with van der Waals surface area (Å²) in [6.07, 6.45) is 1.08. The van der Waals surface area contributed by atoms with Gasteiger partial charge in [0.05, 0.1) is 5.69 Å². The highest BCUT2D eigenvalue weighted by atomic mass is 16.6. The fourth-order valence-electron chi connectivity index (χ4n) is 1.59. The Bertz CT molecular complexity index is 597. The number of aromatic nitrogens is 2. The molecule has 0 saturated carbocycles. The van der Waals surface area contributed by atoms with Crippen molar-refractivity contribution in [2.75, 3.05) is 5.73 Å². The minimum Gasteiger partial charge on any atom is -0.442 e. The van der Waals surface area contributed by atoms with Crippen molar-refractivity contribution in [1.29, 1.82) is 0 Å². The SMILES string of the molecule is CC(C)(C)OC(=O)n1ccc(-c2cccc(N)c2)n1. The van der Waals surface area contributed by atoms with Gasteiger partial charge in [-0.05, 0) is 39.0 Å². The highest BCUT2D eigenvalue weighted by Crippen LogP contribution is 2.19. The molecule has 1 aromatic carbocycles. The molecule has 0 aliphatic heterocycles. The second kappa shape index (κ2) is 4.76. The van der Waals surface area contributed by atoms with Gasteiger partial charge < -0.3 is 10.5 Å². The molecule has 0 saturated heterocycles. The summed E-state index contributed by atoms with van der Waals surface area (Å²) < 4.78 is 6.42. The lowest BCUT2D eigenvalue weighted by molar-refractivity contribution is 0.0515. The molecule has 0 unspecified atom stereocenters. The molecule has 0 amide bonds. The van der Waals surface area contributed by atoms with Crippen molar-refractivity contribution in [2.45, 2.75) is 26.4 Å². The van der Waals surface area contributed by atoms with Crippen LogP contribution in [0.25, 0.3) is 11.3 Å². The van der Waals surface area contributed by atoms with Crippen LogP contribution in [-0.4, -0.2) is 21.5 Å². The number of hydrogen-bond acceptors (Lipinski definition) is 4. The van der Waals surface area contributed by atoms with Gasteiger partial charge in [0.2, 0.25) is 0 Å². The summed E-state index contributed by atoms with van der Waals surface area (Å²) in [7, 11) is 0. The zero-order chi connectivity index (χ0) is 14.0. The number of nitrogen functional groups attached to an aromatic ring is 1. The van der Waals surface area contributed by atoms with Gasteiger partial charge in [0, 0.05) is 17.4 Å². The lowest BCUT2D eigenvalue weighted by atomic mass is 10.1. The van der Waals surface area contributed by atoms with Gasteiger partial charge >= 0.3 is 6.09 Å². The number of benzene rings is 1. The summed E-state index contributed by atoms with van der Waals surface area (Å²) in [5.74, 6) is 0. The molecule has 0 spiro atoms. The van der Waals surface area contributed by atoms with Crippen molar-refractivity contribution in [1.82, 2.24) is 9.78 Å². The quantitative estimate of drug-likeness (QED) is 0.799. The van der Waals surface area contributed by atoms with Gasteiger partial charge in [-0.3, -0.25) is 0 Å². The van der Waals surface area contributed by atoms with Crippen LogP contribution in [0.15, 0.2) is 36.5 Å². The van der Waals surface area contributed by atoms with E-state index < -0.39 is 11.7 Å². The van der Waals surface area contributed by atoms with Crippen LogP contribution >= 0.6 is 0 Å². The third-order valence-electron chi connectivity index (χ3n) is 2.35. The van der Waals surface area contributed by atoms with Crippen LogP contribution in [0, 0.1) is 0 Å². The first-order valence-electron chi connectivity index (χ1n) is 6.00. The average molecular weight is 259 g/mol. The molecule has 5 nitrogen and oxygen atoms in total. The number of rotatable bonds is 1. The summed E-state index contributed by atoms with van der Waals surface area (Å²) >= 11 is 0. The van der Waals surface area contributed by atoms with E-state index in [9.17, 15) is 4.79 Å². The fraction of sp³-hybridized carbons (Fsp3) is 0.286. The van der Waals surface area contributed by atoms with Gasteiger partial charge in [-0.15, -0.1) is 0 Å². The maximum atomic E-state index is 11.8. The zero-order valence-corrected chi connectivity index (χ0v) is 11.3. The van der Waals surface area contributed by atoms with Crippen LogP contribution in [-0.2, 0) is 4.74 Å². The van der Waals surface area contributed by atoms with E-state index in [0.717, 1.165) is 5.56 Å². The monoisotopic (exact) mass is 259 g/mol. The first-order chi connectivity index (χ1) is 8.85. The summed E-state index contributed by atoms with van der Waals surface area (Å²) in [5.41, 5.74) is 7.38. The molecule has 0 fully saturated rings. The molecular formula is C14H17N3O2. The maximum absolute atomic E-state index is 11.8. The second-order valence-corrected chi connectivity index (χ2v) is 5.25. The molecule has 1 aromatic heterocycles. The largest absolute Gasteiger partial charge is 0.442 e. The van der Waals surface area contributed by atoms with E-state index in [0.29, 0.717) is 11.4 Å². The summed E-state index contributed by atoms with van der Waals surface area (Å²) in [6, 6.07) is 9.09. The molecule has 2 rings (SSSR count). The Labute approximate surface area is 112 Å². The van der Waals surface area contributed by atoms with Gasteiger partial charge in [-0.1, -0.05) is 12.1 Å². The lowest BCUT2D eigenvalue weighted by Crippen LogP contribution is -2.27. The fourth-order valence-corrected chi connectivity index (χ4v) is 1.59. The number of ether oxygens (including phenoxy) is 1. The number of hydrogen-bond donors (Lipinski definition) is 1. The molecule has 0 atom stereocenters. The predicted molar refractivity (Wildman–Crippen MR) is 73.7 cm³/mol. The van der Waals surface area contributed by atoms with Gasteiger partial charge in [-0.2, -0.15) is 9.78 Å². The number of carbonyl (C=O) groups excluding carboxylic acids is 1. The number of anilines is 1. The maximum Gasteiger partial charge on any atom is 0.435 e. The summed E-state index contributed by atoms with van der Waals surface area (Å²) in [4.78, 5) is 11.8. The summed E-state index contributed by atoms with van der Waals surface area (Å²) in [6.45, 7) is 5.44.